The second-order valence-electron chi connectivity index (χ2n) is 3.58. The second kappa shape index (κ2) is 8.26. The van der Waals surface area contributed by atoms with E-state index in [1.54, 1.807) is 36.4 Å². The molecule has 0 fully saturated rings. The standard InChI is InChI=1S/2C6H6O3S.Ni/c2*7-10(8,9)6-4-2-1-3-5-6;/h2*1-5H,(H,7,8,9);. The van der Waals surface area contributed by atoms with Crippen molar-refractivity contribution in [1.29, 1.82) is 0 Å². The van der Waals surface area contributed by atoms with Gasteiger partial charge in [0.05, 0.1) is 9.79 Å². The van der Waals surface area contributed by atoms with Gasteiger partial charge in [0.2, 0.25) is 0 Å². The Morgan fingerprint density at radius 1 is 0.571 bits per heavy atom. The van der Waals surface area contributed by atoms with Crippen LogP contribution >= 0.6 is 0 Å². The van der Waals surface area contributed by atoms with Crippen molar-refractivity contribution in [2.24, 2.45) is 0 Å². The monoisotopic (exact) mass is 374 g/mol. The molecule has 0 aromatic heterocycles. The normalized spacial score (nSPS) is 10.8. The smallest absolute Gasteiger partial charge is 0.282 e. The first-order valence-corrected chi connectivity index (χ1v) is 8.14. The van der Waals surface area contributed by atoms with E-state index in [2.05, 4.69) is 0 Å². The van der Waals surface area contributed by atoms with Crippen LogP contribution in [0.5, 0.6) is 0 Å². The van der Waals surface area contributed by atoms with Gasteiger partial charge >= 0.3 is 0 Å². The fourth-order valence-electron chi connectivity index (χ4n) is 1.18. The van der Waals surface area contributed by atoms with Crippen LogP contribution in [0.4, 0.5) is 0 Å². The molecule has 0 bridgehead atoms. The van der Waals surface area contributed by atoms with Gasteiger partial charge in [-0.15, -0.1) is 0 Å². The summed E-state index contributed by atoms with van der Waals surface area (Å²) in [7, 11) is -8.01. The summed E-state index contributed by atoms with van der Waals surface area (Å²) in [6.45, 7) is 0. The van der Waals surface area contributed by atoms with Crippen LogP contribution in [0.1, 0.15) is 0 Å². The molecule has 0 atom stereocenters. The van der Waals surface area contributed by atoms with Crippen molar-refractivity contribution in [2.75, 3.05) is 0 Å². The third kappa shape index (κ3) is 7.35. The van der Waals surface area contributed by atoms with Gasteiger partial charge in [-0.05, 0) is 24.3 Å². The molecular weight excluding hydrogens is 363 g/mol. The molecule has 2 rings (SSSR count). The van der Waals surface area contributed by atoms with E-state index >= 15 is 0 Å². The zero-order valence-electron chi connectivity index (χ0n) is 10.4. The summed E-state index contributed by atoms with van der Waals surface area (Å²) in [6.07, 6.45) is 0. The maximum atomic E-state index is 10.4. The summed E-state index contributed by atoms with van der Waals surface area (Å²) in [6, 6.07) is 14.8. The fourth-order valence-corrected chi connectivity index (χ4v) is 2.19. The van der Waals surface area contributed by atoms with Gasteiger partial charge < -0.3 is 0 Å². The number of benzene rings is 2. The van der Waals surface area contributed by atoms with E-state index in [1.807, 2.05) is 0 Å². The molecule has 21 heavy (non-hydrogen) atoms. The van der Waals surface area contributed by atoms with Crippen LogP contribution in [0.25, 0.3) is 0 Å². The molecule has 0 radical (unpaired) electrons. The van der Waals surface area contributed by atoms with Crippen LogP contribution in [0.2, 0.25) is 0 Å². The average Bonchev–Trinajstić information content (AvgIpc) is 2.40. The van der Waals surface area contributed by atoms with E-state index in [9.17, 15) is 16.8 Å². The summed E-state index contributed by atoms with van der Waals surface area (Å²) in [5.74, 6) is 0. The van der Waals surface area contributed by atoms with E-state index in [-0.39, 0.29) is 26.3 Å². The first-order chi connectivity index (χ1) is 9.21. The fraction of sp³-hybridized carbons (Fsp3) is 0. The van der Waals surface area contributed by atoms with Crippen molar-refractivity contribution in [3.8, 4) is 0 Å². The average molecular weight is 375 g/mol. The van der Waals surface area contributed by atoms with Crippen molar-refractivity contribution in [3.05, 3.63) is 60.7 Å². The van der Waals surface area contributed by atoms with E-state index < -0.39 is 20.2 Å². The van der Waals surface area contributed by atoms with Crippen molar-refractivity contribution >= 4 is 20.2 Å². The Labute approximate surface area is 133 Å². The molecule has 0 heterocycles. The van der Waals surface area contributed by atoms with Gasteiger partial charge in [-0.3, -0.25) is 9.11 Å². The molecule has 0 aliphatic rings. The van der Waals surface area contributed by atoms with Gasteiger partial charge in [0, 0.05) is 16.5 Å². The quantitative estimate of drug-likeness (QED) is 0.613. The molecule has 0 saturated carbocycles. The van der Waals surface area contributed by atoms with Crippen LogP contribution in [-0.4, -0.2) is 25.9 Å². The molecule has 0 aliphatic heterocycles. The minimum atomic E-state index is -4.00. The van der Waals surface area contributed by atoms with Gasteiger partial charge in [-0.1, -0.05) is 36.4 Å². The summed E-state index contributed by atoms with van der Waals surface area (Å²) in [5.41, 5.74) is 0. The second-order valence-corrected chi connectivity index (χ2v) is 6.42. The van der Waals surface area contributed by atoms with E-state index in [0.717, 1.165) is 0 Å². The first-order valence-electron chi connectivity index (χ1n) is 5.26. The van der Waals surface area contributed by atoms with Crippen LogP contribution in [0.15, 0.2) is 70.5 Å². The molecular formula is C12H12NiO6S2. The topological polar surface area (TPSA) is 109 Å². The molecule has 0 saturated heterocycles. The summed E-state index contributed by atoms with van der Waals surface area (Å²) < 4.78 is 58.5. The molecule has 0 aliphatic carbocycles. The Hall–Kier alpha value is -1.25. The number of hydrogen-bond donors (Lipinski definition) is 2. The van der Waals surface area contributed by atoms with E-state index in [0.29, 0.717) is 0 Å². The van der Waals surface area contributed by atoms with Crippen molar-refractivity contribution in [2.45, 2.75) is 9.79 Å². The Morgan fingerprint density at radius 2 is 0.810 bits per heavy atom. The molecule has 2 N–H and O–H groups in total. The van der Waals surface area contributed by atoms with Crippen molar-refractivity contribution in [3.63, 3.8) is 0 Å². The summed E-state index contributed by atoms with van der Waals surface area (Å²) in [4.78, 5) is -0.148. The first kappa shape index (κ1) is 19.8. The maximum absolute atomic E-state index is 10.4. The van der Waals surface area contributed by atoms with Gasteiger partial charge in [0.15, 0.2) is 0 Å². The molecule has 0 unspecified atom stereocenters. The minimum Gasteiger partial charge on any atom is -0.282 e. The molecule has 6 nitrogen and oxygen atoms in total. The van der Waals surface area contributed by atoms with Crippen molar-refractivity contribution < 1.29 is 42.4 Å². The third-order valence-electron chi connectivity index (χ3n) is 2.08. The molecule has 9 heteroatoms. The van der Waals surface area contributed by atoms with Crippen LogP contribution in [0.3, 0.4) is 0 Å². The summed E-state index contributed by atoms with van der Waals surface area (Å²) >= 11 is 0. The molecule has 118 valence electrons. The molecule has 0 spiro atoms. The SMILES string of the molecule is O=S(=O)(O)c1ccccc1.O=S(=O)(O)c1ccccc1.[Ni]. The predicted octanol–water partition coefficient (Wildman–Crippen LogP) is 1.86. The van der Waals surface area contributed by atoms with Crippen LogP contribution in [-0.2, 0) is 36.7 Å². The van der Waals surface area contributed by atoms with Crippen molar-refractivity contribution in [1.82, 2.24) is 0 Å². The van der Waals surface area contributed by atoms with Gasteiger partial charge in [0.25, 0.3) is 20.2 Å². The van der Waals surface area contributed by atoms with Gasteiger partial charge in [0.1, 0.15) is 0 Å². The molecule has 0 amide bonds. The van der Waals surface area contributed by atoms with E-state index in [1.165, 1.54) is 24.3 Å². The Kier molecular flexibility index (Phi) is 7.77. The molecule has 2 aromatic carbocycles. The van der Waals surface area contributed by atoms with Gasteiger partial charge in [-0.25, -0.2) is 0 Å². The van der Waals surface area contributed by atoms with Crippen LogP contribution < -0.4 is 0 Å². The summed E-state index contributed by atoms with van der Waals surface area (Å²) in [5, 5.41) is 0. The van der Waals surface area contributed by atoms with E-state index in [4.69, 9.17) is 9.11 Å². The minimum absolute atomic E-state index is 0. The zero-order valence-corrected chi connectivity index (χ0v) is 13.1. The zero-order chi connectivity index (χ0) is 15.2. The molecule has 2 aromatic rings. The maximum Gasteiger partial charge on any atom is 0.294 e. The van der Waals surface area contributed by atoms with Crippen LogP contribution in [0, 0.1) is 0 Å². The number of rotatable bonds is 2. The predicted molar refractivity (Wildman–Crippen MR) is 72.5 cm³/mol. The Balaban J connectivity index is 0.000000364. The number of hydrogen-bond acceptors (Lipinski definition) is 4. The Morgan fingerprint density at radius 3 is 0.952 bits per heavy atom. The third-order valence-corrected chi connectivity index (χ3v) is 3.82. The van der Waals surface area contributed by atoms with Gasteiger partial charge in [-0.2, -0.15) is 16.8 Å². The Bertz CT molecular complexity index is 675. The largest absolute Gasteiger partial charge is 0.294 e.